The van der Waals surface area contributed by atoms with E-state index in [0.717, 1.165) is 0 Å². The Bertz CT molecular complexity index is 370. The summed E-state index contributed by atoms with van der Waals surface area (Å²) >= 11 is 0. The van der Waals surface area contributed by atoms with Gasteiger partial charge in [-0.15, -0.1) is 0 Å². The average molecular weight is 231 g/mol. The van der Waals surface area contributed by atoms with Crippen LogP contribution < -0.4 is 5.73 Å². The Balaban J connectivity index is 2.82. The normalized spacial score (nSPS) is 14.9. The molecule has 0 saturated heterocycles. The lowest BCUT2D eigenvalue weighted by Gasteiger charge is -2.10. The van der Waals surface area contributed by atoms with Crippen molar-refractivity contribution in [3.8, 4) is 0 Å². The molecule has 0 aliphatic rings. The standard InChI is InChI=1S/C10H14FNO2S/c1-7(14-2)6-15(13)10-4-3-8(11)5-9(10)12/h3-5,7H,6,12H2,1-2H3. The van der Waals surface area contributed by atoms with Crippen molar-refractivity contribution in [2.75, 3.05) is 18.6 Å². The monoisotopic (exact) mass is 231 g/mol. The van der Waals surface area contributed by atoms with Crippen LogP contribution in [0.4, 0.5) is 10.1 Å². The van der Waals surface area contributed by atoms with Crippen LogP contribution in [0.25, 0.3) is 0 Å². The molecule has 5 heteroatoms. The molecule has 0 bridgehead atoms. The molecule has 84 valence electrons. The molecular weight excluding hydrogens is 217 g/mol. The molecule has 3 nitrogen and oxygen atoms in total. The molecule has 0 amide bonds. The Morgan fingerprint density at radius 1 is 1.60 bits per heavy atom. The van der Waals surface area contributed by atoms with Gasteiger partial charge in [0.1, 0.15) is 5.82 Å². The van der Waals surface area contributed by atoms with E-state index in [0.29, 0.717) is 10.6 Å². The maximum absolute atomic E-state index is 12.7. The Kier molecular flexibility index (Phi) is 4.23. The second-order valence-electron chi connectivity index (χ2n) is 3.24. The Labute approximate surface area is 90.9 Å². The van der Waals surface area contributed by atoms with Crippen LogP contribution in [0.5, 0.6) is 0 Å². The maximum Gasteiger partial charge on any atom is 0.125 e. The van der Waals surface area contributed by atoms with E-state index >= 15 is 0 Å². The molecule has 0 aliphatic carbocycles. The molecule has 2 unspecified atom stereocenters. The van der Waals surface area contributed by atoms with Crippen LogP contribution in [0, 0.1) is 5.82 Å². The zero-order chi connectivity index (χ0) is 11.4. The number of hydrogen-bond acceptors (Lipinski definition) is 3. The van der Waals surface area contributed by atoms with Gasteiger partial charge >= 0.3 is 0 Å². The van der Waals surface area contributed by atoms with Crippen molar-refractivity contribution in [1.82, 2.24) is 0 Å². The van der Waals surface area contributed by atoms with Gasteiger partial charge in [-0.1, -0.05) is 0 Å². The first-order valence-corrected chi connectivity index (χ1v) is 5.82. The second-order valence-corrected chi connectivity index (χ2v) is 4.70. The quantitative estimate of drug-likeness (QED) is 0.800. The molecule has 0 spiro atoms. The Morgan fingerprint density at radius 2 is 2.27 bits per heavy atom. The molecule has 2 atom stereocenters. The van der Waals surface area contributed by atoms with Crippen molar-refractivity contribution < 1.29 is 13.3 Å². The number of benzene rings is 1. The van der Waals surface area contributed by atoms with E-state index < -0.39 is 16.6 Å². The summed E-state index contributed by atoms with van der Waals surface area (Å²) in [4.78, 5) is 0.459. The molecular formula is C10H14FNO2S. The maximum atomic E-state index is 12.7. The predicted octanol–water partition coefficient (Wildman–Crippen LogP) is 1.55. The smallest absolute Gasteiger partial charge is 0.125 e. The van der Waals surface area contributed by atoms with Crippen LogP contribution in [-0.4, -0.2) is 23.2 Å². The minimum absolute atomic E-state index is 0.115. The fourth-order valence-corrected chi connectivity index (χ4v) is 2.38. The zero-order valence-corrected chi connectivity index (χ0v) is 9.51. The number of anilines is 1. The van der Waals surface area contributed by atoms with Crippen LogP contribution in [0.2, 0.25) is 0 Å². The first kappa shape index (κ1) is 12.1. The summed E-state index contributed by atoms with van der Waals surface area (Å²) in [7, 11) is 0.302. The minimum atomic E-state index is -1.25. The molecule has 2 N–H and O–H groups in total. The molecule has 0 saturated carbocycles. The van der Waals surface area contributed by atoms with Crippen LogP contribution >= 0.6 is 0 Å². The lowest BCUT2D eigenvalue weighted by molar-refractivity contribution is 0.137. The van der Waals surface area contributed by atoms with E-state index in [1.54, 1.807) is 7.11 Å². The Hall–Kier alpha value is -0.940. The zero-order valence-electron chi connectivity index (χ0n) is 8.70. The molecule has 15 heavy (non-hydrogen) atoms. The van der Waals surface area contributed by atoms with E-state index in [1.165, 1.54) is 18.2 Å². The van der Waals surface area contributed by atoms with Gasteiger partial charge in [-0.05, 0) is 25.1 Å². The largest absolute Gasteiger partial charge is 0.398 e. The third-order valence-electron chi connectivity index (χ3n) is 2.01. The van der Waals surface area contributed by atoms with Gasteiger partial charge in [0.2, 0.25) is 0 Å². The van der Waals surface area contributed by atoms with Crippen LogP contribution in [0.3, 0.4) is 0 Å². The molecule has 0 aromatic heterocycles. The minimum Gasteiger partial charge on any atom is -0.398 e. The van der Waals surface area contributed by atoms with Gasteiger partial charge < -0.3 is 10.5 Å². The Morgan fingerprint density at radius 3 is 2.80 bits per heavy atom. The fourth-order valence-electron chi connectivity index (χ4n) is 1.10. The fraction of sp³-hybridized carbons (Fsp3) is 0.400. The van der Waals surface area contributed by atoms with Gasteiger partial charge in [0.15, 0.2) is 0 Å². The number of hydrogen-bond donors (Lipinski definition) is 1. The highest BCUT2D eigenvalue weighted by Crippen LogP contribution is 2.18. The first-order chi connectivity index (χ1) is 7.04. The number of rotatable bonds is 4. The molecule has 1 aromatic carbocycles. The average Bonchev–Trinajstić information content (AvgIpc) is 2.17. The molecule has 0 fully saturated rings. The number of halogens is 1. The van der Waals surface area contributed by atoms with Gasteiger partial charge in [-0.3, -0.25) is 4.21 Å². The third-order valence-corrected chi connectivity index (χ3v) is 3.64. The molecule has 0 aliphatic heterocycles. The highest BCUT2D eigenvalue weighted by atomic mass is 32.2. The number of nitrogen functional groups attached to an aromatic ring is 1. The SMILES string of the molecule is COC(C)CS(=O)c1ccc(F)cc1N. The predicted molar refractivity (Wildman–Crippen MR) is 58.6 cm³/mol. The van der Waals surface area contributed by atoms with Crippen molar-refractivity contribution >= 4 is 16.5 Å². The highest BCUT2D eigenvalue weighted by Gasteiger charge is 2.12. The van der Waals surface area contributed by atoms with Gasteiger partial charge in [0.25, 0.3) is 0 Å². The molecule has 1 aromatic rings. The molecule has 1 rings (SSSR count). The van der Waals surface area contributed by atoms with E-state index in [4.69, 9.17) is 10.5 Å². The van der Waals surface area contributed by atoms with Crippen LogP contribution in [-0.2, 0) is 15.5 Å². The van der Waals surface area contributed by atoms with E-state index in [2.05, 4.69) is 0 Å². The van der Waals surface area contributed by atoms with Crippen LogP contribution in [0.1, 0.15) is 6.92 Å². The summed E-state index contributed by atoms with van der Waals surface area (Å²) in [5.41, 5.74) is 5.78. The van der Waals surface area contributed by atoms with Gasteiger partial charge in [-0.2, -0.15) is 0 Å². The second kappa shape index (κ2) is 5.23. The van der Waals surface area contributed by atoms with Gasteiger partial charge in [-0.25, -0.2) is 4.39 Å². The summed E-state index contributed by atoms with van der Waals surface area (Å²) in [5, 5.41) is 0. The van der Waals surface area contributed by atoms with E-state index in [9.17, 15) is 8.60 Å². The summed E-state index contributed by atoms with van der Waals surface area (Å²) in [5.74, 6) is -0.0696. The first-order valence-electron chi connectivity index (χ1n) is 4.50. The van der Waals surface area contributed by atoms with Gasteiger partial charge in [0, 0.05) is 7.11 Å². The summed E-state index contributed by atoms with van der Waals surface area (Å²) in [6.07, 6.45) is -0.115. The van der Waals surface area contributed by atoms with Crippen molar-refractivity contribution in [1.29, 1.82) is 0 Å². The molecule has 0 heterocycles. The third kappa shape index (κ3) is 3.28. The summed E-state index contributed by atoms with van der Waals surface area (Å²) in [6.45, 7) is 1.82. The summed E-state index contributed by atoms with van der Waals surface area (Å²) in [6, 6.07) is 3.87. The van der Waals surface area contributed by atoms with E-state index in [-0.39, 0.29) is 11.8 Å². The lowest BCUT2D eigenvalue weighted by atomic mass is 10.3. The lowest BCUT2D eigenvalue weighted by Crippen LogP contribution is -2.16. The highest BCUT2D eigenvalue weighted by molar-refractivity contribution is 7.85. The summed E-state index contributed by atoms with van der Waals surface area (Å²) < 4.78 is 29.5. The number of nitrogens with two attached hydrogens (primary N) is 1. The van der Waals surface area contributed by atoms with Crippen LogP contribution in [0.15, 0.2) is 23.1 Å². The molecule has 0 radical (unpaired) electrons. The van der Waals surface area contributed by atoms with E-state index in [1.807, 2.05) is 6.92 Å². The van der Waals surface area contributed by atoms with Crippen molar-refractivity contribution in [2.45, 2.75) is 17.9 Å². The van der Waals surface area contributed by atoms with Crippen molar-refractivity contribution in [3.05, 3.63) is 24.0 Å². The van der Waals surface area contributed by atoms with Gasteiger partial charge in [0.05, 0.1) is 33.2 Å². The topological polar surface area (TPSA) is 52.3 Å². The number of ether oxygens (including phenoxy) is 1. The van der Waals surface area contributed by atoms with Crippen molar-refractivity contribution in [3.63, 3.8) is 0 Å². The van der Waals surface area contributed by atoms with Crippen molar-refractivity contribution in [2.24, 2.45) is 0 Å². The number of methoxy groups -OCH3 is 1.